The molecular formula is C14H20N2O2. The maximum atomic E-state index is 12.1. The van der Waals surface area contributed by atoms with Crippen LogP contribution in [0.5, 0.6) is 0 Å². The second-order valence-corrected chi connectivity index (χ2v) is 4.97. The van der Waals surface area contributed by atoms with Gasteiger partial charge in [-0.2, -0.15) is 0 Å². The van der Waals surface area contributed by atoms with E-state index in [1.807, 2.05) is 31.2 Å². The molecule has 3 N–H and O–H groups in total. The van der Waals surface area contributed by atoms with Gasteiger partial charge in [-0.3, -0.25) is 4.79 Å². The fraction of sp³-hybridized carbons (Fsp3) is 0.500. The summed E-state index contributed by atoms with van der Waals surface area (Å²) < 4.78 is 0. The maximum Gasteiger partial charge on any atom is 0.254 e. The van der Waals surface area contributed by atoms with Crippen LogP contribution in [0.3, 0.4) is 0 Å². The van der Waals surface area contributed by atoms with Gasteiger partial charge in [-0.1, -0.05) is 19.1 Å². The number of likely N-dealkylation sites (tertiary alicyclic amines) is 1. The highest BCUT2D eigenvalue weighted by Crippen LogP contribution is 2.25. The monoisotopic (exact) mass is 248 g/mol. The summed E-state index contributed by atoms with van der Waals surface area (Å²) in [5.41, 5.74) is 6.62. The standard InChI is InChI=1S/C14H20N2O2/c1-2-14(18)9-16(10-14)13(17)12-5-3-11(4-6-12)7-8-15/h3-6,18H,2,7-10,15H2,1H3. The van der Waals surface area contributed by atoms with Crippen molar-refractivity contribution in [1.29, 1.82) is 0 Å². The number of aliphatic hydroxyl groups is 1. The molecule has 0 aromatic heterocycles. The smallest absolute Gasteiger partial charge is 0.254 e. The van der Waals surface area contributed by atoms with E-state index in [4.69, 9.17) is 5.73 Å². The number of hydrogen-bond acceptors (Lipinski definition) is 3. The highest BCUT2D eigenvalue weighted by Gasteiger charge is 2.42. The number of benzene rings is 1. The van der Waals surface area contributed by atoms with E-state index in [9.17, 15) is 9.90 Å². The molecule has 0 bridgehead atoms. The van der Waals surface area contributed by atoms with Crippen LogP contribution in [0.15, 0.2) is 24.3 Å². The van der Waals surface area contributed by atoms with E-state index in [0.29, 0.717) is 31.6 Å². The first-order valence-corrected chi connectivity index (χ1v) is 6.38. The zero-order chi connectivity index (χ0) is 13.2. The van der Waals surface area contributed by atoms with Gasteiger partial charge in [-0.25, -0.2) is 0 Å². The van der Waals surface area contributed by atoms with Crippen LogP contribution in [-0.2, 0) is 6.42 Å². The van der Waals surface area contributed by atoms with Crippen molar-refractivity contribution in [3.63, 3.8) is 0 Å². The fourth-order valence-electron chi connectivity index (χ4n) is 2.19. The van der Waals surface area contributed by atoms with Gasteiger partial charge in [0, 0.05) is 5.56 Å². The molecule has 1 fully saturated rings. The molecule has 0 unspecified atom stereocenters. The zero-order valence-corrected chi connectivity index (χ0v) is 10.7. The summed E-state index contributed by atoms with van der Waals surface area (Å²) in [7, 11) is 0. The van der Waals surface area contributed by atoms with Crippen LogP contribution < -0.4 is 5.73 Å². The Balaban J connectivity index is 1.98. The molecule has 0 aliphatic carbocycles. The van der Waals surface area contributed by atoms with Crippen molar-refractivity contribution in [2.75, 3.05) is 19.6 Å². The highest BCUT2D eigenvalue weighted by molar-refractivity contribution is 5.95. The van der Waals surface area contributed by atoms with Gasteiger partial charge in [0.15, 0.2) is 0 Å². The van der Waals surface area contributed by atoms with E-state index in [2.05, 4.69) is 0 Å². The molecule has 1 amide bonds. The molecule has 98 valence electrons. The summed E-state index contributed by atoms with van der Waals surface area (Å²) in [6.45, 7) is 3.42. The van der Waals surface area contributed by atoms with E-state index < -0.39 is 5.60 Å². The quantitative estimate of drug-likeness (QED) is 0.827. The van der Waals surface area contributed by atoms with Crippen LogP contribution in [0.1, 0.15) is 29.3 Å². The Morgan fingerprint density at radius 1 is 1.39 bits per heavy atom. The van der Waals surface area contributed by atoms with Gasteiger partial charge in [-0.05, 0) is 37.1 Å². The summed E-state index contributed by atoms with van der Waals surface area (Å²) in [6.07, 6.45) is 1.51. The number of carbonyl (C=O) groups excluding carboxylic acids is 1. The van der Waals surface area contributed by atoms with Crippen molar-refractivity contribution in [1.82, 2.24) is 4.90 Å². The number of amides is 1. The highest BCUT2D eigenvalue weighted by atomic mass is 16.3. The number of carbonyl (C=O) groups is 1. The van der Waals surface area contributed by atoms with Crippen LogP contribution >= 0.6 is 0 Å². The predicted molar refractivity (Wildman–Crippen MR) is 70.3 cm³/mol. The van der Waals surface area contributed by atoms with Crippen LogP contribution in [0.4, 0.5) is 0 Å². The van der Waals surface area contributed by atoms with Gasteiger partial charge < -0.3 is 15.7 Å². The molecule has 1 aliphatic rings. The molecule has 0 spiro atoms. The van der Waals surface area contributed by atoms with E-state index in [0.717, 1.165) is 12.0 Å². The molecule has 1 aromatic carbocycles. The van der Waals surface area contributed by atoms with Crippen molar-refractivity contribution in [3.8, 4) is 0 Å². The molecule has 4 nitrogen and oxygen atoms in total. The molecule has 0 atom stereocenters. The summed E-state index contributed by atoms with van der Waals surface area (Å²) >= 11 is 0. The van der Waals surface area contributed by atoms with E-state index >= 15 is 0 Å². The summed E-state index contributed by atoms with van der Waals surface area (Å²) in [5.74, 6) is -0.00702. The van der Waals surface area contributed by atoms with Gasteiger partial charge in [0.1, 0.15) is 0 Å². The van der Waals surface area contributed by atoms with Crippen molar-refractivity contribution >= 4 is 5.91 Å². The number of β-amino-alcohol motifs (C(OH)–C–C–N with tert-alkyl or cyclic N) is 1. The van der Waals surface area contributed by atoms with E-state index in [1.54, 1.807) is 4.90 Å². The summed E-state index contributed by atoms with van der Waals surface area (Å²) in [4.78, 5) is 13.8. The average Bonchev–Trinajstić information content (AvgIpc) is 2.35. The molecule has 2 rings (SSSR count). The van der Waals surface area contributed by atoms with Gasteiger partial charge in [0.25, 0.3) is 5.91 Å². The molecular weight excluding hydrogens is 228 g/mol. The Bertz CT molecular complexity index is 422. The fourth-order valence-corrected chi connectivity index (χ4v) is 2.19. The van der Waals surface area contributed by atoms with Crippen LogP contribution in [0.2, 0.25) is 0 Å². The maximum absolute atomic E-state index is 12.1. The molecule has 1 aromatic rings. The molecule has 1 aliphatic heterocycles. The van der Waals surface area contributed by atoms with Gasteiger partial charge in [-0.15, -0.1) is 0 Å². The third-order valence-electron chi connectivity index (χ3n) is 3.55. The van der Waals surface area contributed by atoms with Gasteiger partial charge >= 0.3 is 0 Å². The molecule has 1 heterocycles. The first-order chi connectivity index (χ1) is 8.58. The second-order valence-electron chi connectivity index (χ2n) is 4.97. The van der Waals surface area contributed by atoms with Crippen LogP contribution in [0.25, 0.3) is 0 Å². The molecule has 18 heavy (non-hydrogen) atoms. The third kappa shape index (κ3) is 2.54. The minimum atomic E-state index is -0.671. The lowest BCUT2D eigenvalue weighted by Crippen LogP contribution is -2.63. The van der Waals surface area contributed by atoms with Crippen molar-refractivity contribution in [2.45, 2.75) is 25.4 Å². The average molecular weight is 248 g/mol. The largest absolute Gasteiger partial charge is 0.386 e. The summed E-state index contributed by atoms with van der Waals surface area (Å²) in [6, 6.07) is 7.53. The van der Waals surface area contributed by atoms with Crippen molar-refractivity contribution in [3.05, 3.63) is 35.4 Å². The lowest BCUT2D eigenvalue weighted by Gasteiger charge is -2.46. The molecule has 1 saturated heterocycles. The van der Waals surface area contributed by atoms with Gasteiger partial charge in [0.05, 0.1) is 18.7 Å². The molecule has 0 saturated carbocycles. The Morgan fingerprint density at radius 2 is 2.00 bits per heavy atom. The Hall–Kier alpha value is -1.39. The number of nitrogens with two attached hydrogens (primary N) is 1. The molecule has 0 radical (unpaired) electrons. The minimum Gasteiger partial charge on any atom is -0.386 e. The first kappa shape index (κ1) is 13.1. The Morgan fingerprint density at radius 3 is 2.50 bits per heavy atom. The van der Waals surface area contributed by atoms with Crippen molar-refractivity contribution < 1.29 is 9.90 Å². The SMILES string of the molecule is CCC1(O)CN(C(=O)c2ccc(CCN)cc2)C1. The predicted octanol–water partition coefficient (Wildman–Crippen LogP) is 0.785. The zero-order valence-electron chi connectivity index (χ0n) is 10.7. The third-order valence-corrected chi connectivity index (χ3v) is 3.55. The van der Waals surface area contributed by atoms with Crippen molar-refractivity contribution in [2.24, 2.45) is 5.73 Å². The normalized spacial score (nSPS) is 17.4. The number of rotatable bonds is 4. The number of hydrogen-bond donors (Lipinski definition) is 2. The molecule has 4 heteroatoms. The van der Waals surface area contributed by atoms with Crippen LogP contribution in [0, 0.1) is 0 Å². The summed E-state index contributed by atoms with van der Waals surface area (Å²) in [5, 5.41) is 9.89. The first-order valence-electron chi connectivity index (χ1n) is 6.38. The minimum absolute atomic E-state index is 0.00702. The van der Waals surface area contributed by atoms with E-state index in [-0.39, 0.29) is 5.91 Å². The lowest BCUT2D eigenvalue weighted by molar-refractivity contribution is -0.0826. The lowest BCUT2D eigenvalue weighted by atomic mass is 9.90. The Kier molecular flexibility index (Phi) is 3.68. The van der Waals surface area contributed by atoms with Gasteiger partial charge in [0.2, 0.25) is 0 Å². The van der Waals surface area contributed by atoms with Crippen LogP contribution in [-0.4, -0.2) is 41.1 Å². The second kappa shape index (κ2) is 5.08. The Labute approximate surface area is 107 Å². The van der Waals surface area contributed by atoms with E-state index in [1.165, 1.54) is 0 Å². The topological polar surface area (TPSA) is 66.6 Å². The number of nitrogens with zero attached hydrogens (tertiary/aromatic N) is 1.